The molecule has 2 amide bonds. The number of para-hydroxylation sites is 1. The molecule has 3 aromatic rings. The second kappa shape index (κ2) is 7.52. The maximum atomic E-state index is 12.6. The van der Waals surface area contributed by atoms with E-state index in [1.54, 1.807) is 42.2 Å². The Hall–Kier alpha value is -3.61. The third kappa shape index (κ3) is 3.56. The zero-order valence-electron chi connectivity index (χ0n) is 14.4. The Morgan fingerprint density at radius 3 is 2.50 bits per heavy atom. The minimum absolute atomic E-state index is 0.154. The van der Waals surface area contributed by atoms with Crippen molar-refractivity contribution in [2.24, 2.45) is 0 Å². The van der Waals surface area contributed by atoms with Crippen LogP contribution in [0.15, 0.2) is 60.8 Å². The Morgan fingerprint density at radius 2 is 1.81 bits per heavy atom. The maximum Gasteiger partial charge on any atom is 0.280 e. The summed E-state index contributed by atoms with van der Waals surface area (Å²) in [6.45, 7) is 0. The summed E-state index contributed by atoms with van der Waals surface area (Å²) in [6, 6.07) is 16.1. The van der Waals surface area contributed by atoms with Gasteiger partial charge in [0.25, 0.3) is 11.8 Å². The SMILES string of the molecule is CNC(=O)c1cccc(NC(=O)c2nn(-c3ccccc3)cc2OC)c1. The van der Waals surface area contributed by atoms with Crippen LogP contribution in [0.25, 0.3) is 5.69 Å². The van der Waals surface area contributed by atoms with E-state index in [4.69, 9.17) is 4.74 Å². The molecule has 0 aliphatic rings. The normalized spacial score (nSPS) is 10.2. The van der Waals surface area contributed by atoms with Crippen LogP contribution in [0.5, 0.6) is 5.75 Å². The van der Waals surface area contributed by atoms with Crippen molar-refractivity contribution >= 4 is 17.5 Å². The number of nitrogens with zero attached hydrogens (tertiary/aromatic N) is 2. The molecule has 7 heteroatoms. The summed E-state index contributed by atoms with van der Waals surface area (Å²) in [5.41, 5.74) is 1.91. The number of aromatic nitrogens is 2. The van der Waals surface area contributed by atoms with Gasteiger partial charge in [0.15, 0.2) is 11.4 Å². The van der Waals surface area contributed by atoms with Gasteiger partial charge in [0, 0.05) is 18.3 Å². The van der Waals surface area contributed by atoms with Gasteiger partial charge in [0.05, 0.1) is 19.0 Å². The molecule has 0 spiro atoms. The van der Waals surface area contributed by atoms with E-state index in [0.29, 0.717) is 17.0 Å². The number of benzene rings is 2. The Balaban J connectivity index is 1.86. The molecule has 0 aliphatic heterocycles. The molecule has 26 heavy (non-hydrogen) atoms. The third-order valence-electron chi connectivity index (χ3n) is 3.75. The highest BCUT2D eigenvalue weighted by molar-refractivity contribution is 6.05. The predicted octanol–water partition coefficient (Wildman–Crippen LogP) is 2.49. The Bertz CT molecular complexity index is 935. The molecule has 0 atom stereocenters. The maximum absolute atomic E-state index is 12.6. The van der Waals surface area contributed by atoms with Crippen LogP contribution >= 0.6 is 0 Å². The van der Waals surface area contributed by atoms with Crippen molar-refractivity contribution in [2.45, 2.75) is 0 Å². The van der Waals surface area contributed by atoms with Gasteiger partial charge in [-0.1, -0.05) is 24.3 Å². The summed E-state index contributed by atoms with van der Waals surface area (Å²) in [5, 5.41) is 9.61. The van der Waals surface area contributed by atoms with E-state index in [1.165, 1.54) is 7.11 Å². The summed E-state index contributed by atoms with van der Waals surface area (Å²) in [5.74, 6) is -0.300. The lowest BCUT2D eigenvalue weighted by molar-refractivity contribution is 0.0961. The largest absolute Gasteiger partial charge is 0.493 e. The van der Waals surface area contributed by atoms with Crippen LogP contribution in [0.1, 0.15) is 20.8 Å². The molecule has 1 aromatic heterocycles. The number of hydrogen-bond donors (Lipinski definition) is 2. The molecule has 0 unspecified atom stereocenters. The number of amides is 2. The monoisotopic (exact) mass is 350 g/mol. The minimum atomic E-state index is -0.425. The van der Waals surface area contributed by atoms with Gasteiger partial charge in [-0.25, -0.2) is 4.68 Å². The smallest absolute Gasteiger partial charge is 0.280 e. The van der Waals surface area contributed by atoms with Crippen LogP contribution in [0.2, 0.25) is 0 Å². The van der Waals surface area contributed by atoms with E-state index in [0.717, 1.165) is 5.69 Å². The molecule has 0 saturated heterocycles. The molecule has 132 valence electrons. The lowest BCUT2D eigenvalue weighted by atomic mass is 10.2. The van der Waals surface area contributed by atoms with Crippen molar-refractivity contribution in [3.63, 3.8) is 0 Å². The number of carbonyl (C=O) groups is 2. The van der Waals surface area contributed by atoms with Crippen molar-refractivity contribution in [3.05, 3.63) is 72.1 Å². The zero-order valence-corrected chi connectivity index (χ0v) is 14.4. The molecule has 0 bridgehead atoms. The van der Waals surface area contributed by atoms with Crippen LogP contribution < -0.4 is 15.4 Å². The van der Waals surface area contributed by atoms with Gasteiger partial charge in [-0.05, 0) is 30.3 Å². The Kier molecular flexibility index (Phi) is 4.98. The van der Waals surface area contributed by atoms with Crippen molar-refractivity contribution < 1.29 is 14.3 Å². The number of carbonyl (C=O) groups excluding carboxylic acids is 2. The first-order valence-corrected chi connectivity index (χ1v) is 7.95. The third-order valence-corrected chi connectivity index (χ3v) is 3.75. The molecule has 0 fully saturated rings. The lowest BCUT2D eigenvalue weighted by Crippen LogP contribution is -2.18. The first-order valence-electron chi connectivity index (χ1n) is 7.95. The fraction of sp³-hybridized carbons (Fsp3) is 0.105. The zero-order chi connectivity index (χ0) is 18.5. The molecule has 2 N–H and O–H groups in total. The van der Waals surface area contributed by atoms with Crippen LogP contribution in [0.3, 0.4) is 0 Å². The van der Waals surface area contributed by atoms with Gasteiger partial charge in [0.1, 0.15) is 0 Å². The number of methoxy groups -OCH3 is 1. The summed E-state index contributed by atoms with van der Waals surface area (Å²) >= 11 is 0. The topological polar surface area (TPSA) is 85.3 Å². The highest BCUT2D eigenvalue weighted by Gasteiger charge is 2.19. The van der Waals surface area contributed by atoms with Crippen molar-refractivity contribution in [2.75, 3.05) is 19.5 Å². The highest BCUT2D eigenvalue weighted by atomic mass is 16.5. The Labute approximate surface area is 150 Å². The number of hydrogen-bond acceptors (Lipinski definition) is 4. The number of nitrogens with one attached hydrogen (secondary N) is 2. The quantitative estimate of drug-likeness (QED) is 0.740. The van der Waals surface area contributed by atoms with Crippen molar-refractivity contribution in [1.82, 2.24) is 15.1 Å². The molecule has 3 rings (SSSR count). The second-order valence-corrected chi connectivity index (χ2v) is 5.44. The second-order valence-electron chi connectivity index (χ2n) is 5.44. The van der Waals surface area contributed by atoms with E-state index in [1.807, 2.05) is 30.3 Å². The van der Waals surface area contributed by atoms with Crippen LogP contribution in [0.4, 0.5) is 5.69 Å². The molecular formula is C19H18N4O3. The lowest BCUT2D eigenvalue weighted by Gasteiger charge is -2.06. The molecule has 0 saturated carbocycles. The van der Waals surface area contributed by atoms with Crippen LogP contribution in [-0.2, 0) is 0 Å². The van der Waals surface area contributed by atoms with E-state index in [-0.39, 0.29) is 11.6 Å². The summed E-state index contributed by atoms with van der Waals surface area (Å²) < 4.78 is 6.86. The summed E-state index contributed by atoms with van der Waals surface area (Å²) in [6.07, 6.45) is 1.64. The fourth-order valence-electron chi connectivity index (χ4n) is 2.45. The first-order chi connectivity index (χ1) is 12.6. The van der Waals surface area contributed by atoms with Crippen molar-refractivity contribution in [1.29, 1.82) is 0 Å². The predicted molar refractivity (Wildman–Crippen MR) is 97.9 cm³/mol. The standard InChI is InChI=1S/C19H18N4O3/c1-20-18(24)13-7-6-8-14(11-13)21-19(25)17-16(26-2)12-23(22-17)15-9-4-3-5-10-15/h3-12H,1-2H3,(H,20,24)(H,21,25). The Morgan fingerprint density at radius 1 is 1.04 bits per heavy atom. The van der Waals surface area contributed by atoms with Gasteiger partial charge < -0.3 is 15.4 Å². The summed E-state index contributed by atoms with van der Waals surface area (Å²) in [7, 11) is 3.03. The van der Waals surface area contributed by atoms with E-state index < -0.39 is 5.91 Å². The molecule has 0 aliphatic carbocycles. The minimum Gasteiger partial charge on any atom is -0.493 e. The summed E-state index contributed by atoms with van der Waals surface area (Å²) in [4.78, 5) is 24.3. The van der Waals surface area contributed by atoms with Gasteiger partial charge in [-0.15, -0.1) is 0 Å². The number of anilines is 1. The van der Waals surface area contributed by atoms with Gasteiger partial charge in [-0.3, -0.25) is 9.59 Å². The average Bonchev–Trinajstić information content (AvgIpc) is 3.13. The van der Waals surface area contributed by atoms with E-state index in [9.17, 15) is 9.59 Å². The van der Waals surface area contributed by atoms with Gasteiger partial charge >= 0.3 is 0 Å². The van der Waals surface area contributed by atoms with Crippen LogP contribution in [0, 0.1) is 0 Å². The van der Waals surface area contributed by atoms with Gasteiger partial charge in [-0.2, -0.15) is 5.10 Å². The molecule has 2 aromatic carbocycles. The van der Waals surface area contributed by atoms with Gasteiger partial charge in [0.2, 0.25) is 0 Å². The highest BCUT2D eigenvalue weighted by Crippen LogP contribution is 2.21. The first kappa shape index (κ1) is 17.2. The molecule has 1 heterocycles. The van der Waals surface area contributed by atoms with Crippen LogP contribution in [-0.4, -0.2) is 35.8 Å². The van der Waals surface area contributed by atoms with E-state index >= 15 is 0 Å². The average molecular weight is 350 g/mol. The molecule has 7 nitrogen and oxygen atoms in total. The van der Waals surface area contributed by atoms with Crippen molar-refractivity contribution in [3.8, 4) is 11.4 Å². The molecular weight excluding hydrogens is 332 g/mol. The fourth-order valence-corrected chi connectivity index (χ4v) is 2.45. The number of ether oxygens (including phenoxy) is 1. The number of rotatable bonds is 5. The van der Waals surface area contributed by atoms with E-state index in [2.05, 4.69) is 15.7 Å². The molecule has 0 radical (unpaired) electrons.